The quantitative estimate of drug-likeness (QED) is 0.578. The van der Waals surface area contributed by atoms with E-state index in [-0.39, 0.29) is 0 Å². The van der Waals surface area contributed by atoms with Gasteiger partial charge in [-0.05, 0) is 89.1 Å². The number of carbonyl (C=O) groups is 1. The van der Waals surface area contributed by atoms with E-state index in [1.54, 1.807) is 0 Å². The van der Waals surface area contributed by atoms with E-state index >= 15 is 0 Å². The highest BCUT2D eigenvalue weighted by atomic mass is 16.5. The Morgan fingerprint density at radius 2 is 1.53 bits per heavy atom. The van der Waals surface area contributed by atoms with Gasteiger partial charge in [0.1, 0.15) is 11.4 Å². The highest BCUT2D eigenvalue weighted by molar-refractivity contribution is 5.91. The summed E-state index contributed by atoms with van der Waals surface area (Å²) in [5, 5.41) is 22.4. The number of ether oxygens (including phenoxy) is 1. The Kier molecular flexibility index (Phi) is 5.66. The maximum absolute atomic E-state index is 12.4. The van der Waals surface area contributed by atoms with Crippen LogP contribution in [0.5, 0.6) is 5.75 Å². The second-order valence-electron chi connectivity index (χ2n) is 10.8. The Balaban J connectivity index is 2.38. The molecule has 5 nitrogen and oxygen atoms in total. The molecule has 2 aromatic rings. The molecule has 1 unspecified atom stereocenters. The summed E-state index contributed by atoms with van der Waals surface area (Å²) in [7, 11) is 0. The van der Waals surface area contributed by atoms with Crippen LogP contribution in [0, 0.1) is 20.8 Å². The molecule has 2 aromatic carbocycles. The van der Waals surface area contributed by atoms with Gasteiger partial charge in [0.25, 0.3) is 0 Å². The average molecular weight is 440 g/mol. The van der Waals surface area contributed by atoms with Crippen molar-refractivity contribution >= 4 is 11.8 Å². The number of benzene rings is 2. The minimum Gasteiger partial charge on any atom is -0.483 e. The zero-order valence-electron chi connectivity index (χ0n) is 21.0. The van der Waals surface area contributed by atoms with Gasteiger partial charge in [-0.1, -0.05) is 38.1 Å². The number of rotatable bonds is 3. The number of hydrogen-bond acceptors (Lipinski definition) is 3. The molecule has 0 spiro atoms. The third-order valence-corrected chi connectivity index (χ3v) is 6.89. The molecule has 0 aromatic heterocycles. The zero-order chi connectivity index (χ0) is 24.4. The lowest BCUT2D eigenvalue weighted by Gasteiger charge is -2.39. The first-order chi connectivity index (χ1) is 14.6. The average Bonchev–Trinajstić information content (AvgIpc) is 2.89. The lowest BCUT2D eigenvalue weighted by Crippen LogP contribution is -2.48. The molecule has 0 radical (unpaired) electrons. The molecule has 1 atom stereocenters. The van der Waals surface area contributed by atoms with Crippen molar-refractivity contribution in [2.45, 2.75) is 91.9 Å². The molecule has 1 amide bonds. The van der Waals surface area contributed by atoms with Gasteiger partial charge in [-0.2, -0.15) is 0 Å². The maximum atomic E-state index is 12.4. The number of nitrogens with zero attached hydrogens (tertiary/aromatic N) is 1. The van der Waals surface area contributed by atoms with Crippen molar-refractivity contribution in [1.82, 2.24) is 0 Å². The van der Waals surface area contributed by atoms with Gasteiger partial charge in [0.2, 0.25) is 0 Å². The minimum absolute atomic E-state index is 0.382. The van der Waals surface area contributed by atoms with Crippen LogP contribution in [-0.2, 0) is 5.60 Å². The van der Waals surface area contributed by atoms with E-state index in [4.69, 9.17) is 4.74 Å². The van der Waals surface area contributed by atoms with Crippen molar-refractivity contribution in [3.63, 3.8) is 0 Å². The summed E-state index contributed by atoms with van der Waals surface area (Å²) in [5.74, 6) is 1.02. The fourth-order valence-electron chi connectivity index (χ4n) is 4.95. The van der Waals surface area contributed by atoms with Crippen molar-refractivity contribution in [2.75, 3.05) is 4.90 Å². The Labute approximate surface area is 192 Å². The predicted molar refractivity (Wildman–Crippen MR) is 129 cm³/mol. The summed E-state index contributed by atoms with van der Waals surface area (Å²) in [5.41, 5.74) is 2.57. The van der Waals surface area contributed by atoms with Gasteiger partial charge in [-0.3, -0.25) is 4.90 Å². The van der Waals surface area contributed by atoms with Gasteiger partial charge >= 0.3 is 6.09 Å². The molecular weight excluding hydrogens is 402 g/mol. The molecular formula is C27H37NO4. The van der Waals surface area contributed by atoms with Crippen molar-refractivity contribution in [2.24, 2.45) is 0 Å². The summed E-state index contributed by atoms with van der Waals surface area (Å²) >= 11 is 0. The number of anilines is 1. The van der Waals surface area contributed by atoms with Gasteiger partial charge in [0.05, 0.1) is 5.69 Å². The van der Waals surface area contributed by atoms with E-state index < -0.39 is 22.8 Å². The molecule has 0 saturated heterocycles. The topological polar surface area (TPSA) is 70.0 Å². The van der Waals surface area contributed by atoms with Gasteiger partial charge < -0.3 is 14.9 Å². The molecule has 3 rings (SSSR count). The molecule has 0 aliphatic carbocycles. The van der Waals surface area contributed by atoms with Crippen LogP contribution in [0.15, 0.2) is 24.3 Å². The highest BCUT2D eigenvalue weighted by Gasteiger charge is 2.57. The van der Waals surface area contributed by atoms with Crippen molar-refractivity contribution in [1.29, 1.82) is 0 Å². The predicted octanol–water partition coefficient (Wildman–Crippen LogP) is 6.43. The van der Waals surface area contributed by atoms with E-state index in [0.29, 0.717) is 22.9 Å². The molecule has 1 aliphatic rings. The fourth-order valence-corrected chi connectivity index (χ4v) is 4.95. The Hall–Kier alpha value is -2.53. The largest absolute Gasteiger partial charge is 0.483 e. The molecule has 174 valence electrons. The van der Waals surface area contributed by atoms with Gasteiger partial charge in [-0.25, -0.2) is 4.79 Å². The van der Waals surface area contributed by atoms with E-state index in [2.05, 4.69) is 13.8 Å². The number of fused-ring (bicyclic) bond motifs is 1. The lowest BCUT2D eigenvalue weighted by molar-refractivity contribution is -0.0645. The molecule has 1 aliphatic heterocycles. The summed E-state index contributed by atoms with van der Waals surface area (Å²) in [6.07, 6.45) is -1.02. The van der Waals surface area contributed by atoms with Crippen LogP contribution in [0.1, 0.15) is 87.8 Å². The molecule has 32 heavy (non-hydrogen) atoms. The first-order valence-corrected chi connectivity index (χ1v) is 11.2. The van der Waals surface area contributed by atoms with Gasteiger partial charge in [0.15, 0.2) is 5.60 Å². The minimum atomic E-state index is -1.43. The lowest BCUT2D eigenvalue weighted by atomic mass is 9.73. The van der Waals surface area contributed by atoms with Crippen molar-refractivity contribution < 1.29 is 19.7 Å². The highest BCUT2D eigenvalue weighted by Crippen LogP contribution is 2.56. The first kappa shape index (κ1) is 24.1. The van der Waals surface area contributed by atoms with Crippen LogP contribution in [-0.4, -0.2) is 27.4 Å². The van der Waals surface area contributed by atoms with Gasteiger partial charge in [0, 0.05) is 11.1 Å². The zero-order valence-corrected chi connectivity index (χ0v) is 21.0. The maximum Gasteiger partial charge on any atom is 0.412 e. The number of carboxylic acid groups (broad SMARTS) is 1. The van der Waals surface area contributed by atoms with E-state index in [0.717, 1.165) is 22.3 Å². The van der Waals surface area contributed by atoms with Crippen LogP contribution in [0.4, 0.5) is 10.5 Å². The number of hydrogen-bond donors (Lipinski definition) is 2. The normalized spacial score (nSPS) is 19.6. The Morgan fingerprint density at radius 1 is 1.00 bits per heavy atom. The van der Waals surface area contributed by atoms with Crippen molar-refractivity contribution in [3.8, 4) is 5.75 Å². The smallest absolute Gasteiger partial charge is 0.412 e. The Morgan fingerprint density at radius 3 is 1.97 bits per heavy atom. The van der Waals surface area contributed by atoms with Crippen LogP contribution < -0.4 is 9.64 Å². The summed E-state index contributed by atoms with van der Waals surface area (Å²) in [6.45, 7) is 19.4. The van der Waals surface area contributed by atoms with Crippen LogP contribution in [0.25, 0.3) is 0 Å². The second-order valence-corrected chi connectivity index (χ2v) is 10.8. The van der Waals surface area contributed by atoms with E-state index in [9.17, 15) is 15.0 Å². The van der Waals surface area contributed by atoms with Crippen LogP contribution in [0.2, 0.25) is 0 Å². The molecule has 0 saturated carbocycles. The molecule has 5 heteroatoms. The first-order valence-electron chi connectivity index (χ1n) is 11.2. The Bertz CT molecular complexity index is 1060. The molecule has 2 N–H and O–H groups in total. The van der Waals surface area contributed by atoms with E-state index in [1.807, 2.05) is 79.7 Å². The summed E-state index contributed by atoms with van der Waals surface area (Å²) in [4.78, 5) is 13.8. The van der Waals surface area contributed by atoms with Crippen LogP contribution in [0.3, 0.4) is 0 Å². The number of aliphatic hydroxyl groups is 1. The molecule has 0 bridgehead atoms. The number of amides is 1. The standard InChI is InChI=1S/C27H37NO4/c1-15(2)19-11-13-20(14-12-19)27(31)21-18(5)22(28(24(29)30)25(6,7)8)16(3)17(4)23(21)32-26(27,9)10/h11-15,31H,1-10H3,(H,29,30). The summed E-state index contributed by atoms with van der Waals surface area (Å²) in [6, 6.07) is 8.01. The third-order valence-electron chi connectivity index (χ3n) is 6.89. The van der Waals surface area contributed by atoms with Crippen molar-refractivity contribution in [3.05, 3.63) is 57.6 Å². The van der Waals surface area contributed by atoms with Gasteiger partial charge in [-0.15, -0.1) is 0 Å². The third kappa shape index (κ3) is 3.38. The monoisotopic (exact) mass is 439 g/mol. The SMILES string of the molecule is Cc1c(C)c(N(C(=O)O)C(C)(C)C)c(C)c2c1OC(C)(C)C2(O)c1ccc(C(C)C)cc1. The fraction of sp³-hybridized carbons (Fsp3) is 0.519. The molecule has 0 fully saturated rings. The molecule has 1 heterocycles. The van der Waals surface area contributed by atoms with E-state index in [1.165, 1.54) is 10.5 Å². The second kappa shape index (κ2) is 7.51. The van der Waals surface area contributed by atoms with Crippen LogP contribution >= 0.6 is 0 Å². The summed E-state index contributed by atoms with van der Waals surface area (Å²) < 4.78 is 6.40.